The number of nitrogens with one attached hydrogen (secondary N) is 2. The molecule has 0 fully saturated rings. The third-order valence-corrected chi connectivity index (χ3v) is 3.65. The molecule has 0 spiro atoms. The summed E-state index contributed by atoms with van der Waals surface area (Å²) in [5.74, 6) is 1.34. The second-order valence-corrected chi connectivity index (χ2v) is 5.33. The molecule has 7 nitrogen and oxygen atoms in total. The Morgan fingerprint density at radius 3 is 3.04 bits per heavy atom. The van der Waals surface area contributed by atoms with Crippen LogP contribution in [0.15, 0.2) is 53.1 Å². The van der Waals surface area contributed by atoms with Gasteiger partial charge in [-0.1, -0.05) is 17.2 Å². The van der Waals surface area contributed by atoms with E-state index in [0.717, 1.165) is 27.9 Å². The maximum absolute atomic E-state index is 5.66. The van der Waals surface area contributed by atoms with Crippen LogP contribution in [0.4, 0.5) is 11.7 Å². The number of aromatic nitrogens is 4. The number of H-pyrrole nitrogens is 1. The van der Waals surface area contributed by atoms with Crippen LogP contribution in [-0.4, -0.2) is 27.5 Å². The number of nitrogens with zero attached hydrogens (tertiary/aromatic N) is 3. The normalized spacial score (nSPS) is 10.9. The Kier molecular flexibility index (Phi) is 3.59. The third kappa shape index (κ3) is 2.91. The van der Waals surface area contributed by atoms with Crippen LogP contribution in [-0.2, 0) is 6.42 Å². The fourth-order valence-electron chi connectivity index (χ4n) is 2.48. The molecule has 2 aromatic carbocycles. The molecule has 0 bridgehead atoms. The van der Waals surface area contributed by atoms with E-state index in [1.165, 1.54) is 0 Å². The van der Waals surface area contributed by atoms with Crippen molar-refractivity contribution >= 4 is 22.6 Å². The number of anilines is 2. The van der Waals surface area contributed by atoms with Crippen molar-refractivity contribution in [3.63, 3.8) is 0 Å². The highest BCUT2D eigenvalue weighted by atomic mass is 16.5. The first kappa shape index (κ1) is 14.3. The van der Waals surface area contributed by atoms with Crippen LogP contribution in [0.2, 0.25) is 0 Å². The summed E-state index contributed by atoms with van der Waals surface area (Å²) in [6.07, 6.45) is 2.31. The minimum Gasteiger partial charge on any atom is -0.497 e. The highest BCUT2D eigenvalue weighted by Crippen LogP contribution is 2.21. The summed E-state index contributed by atoms with van der Waals surface area (Å²) in [7, 11) is 1.64. The highest BCUT2D eigenvalue weighted by molar-refractivity contribution is 5.82. The van der Waals surface area contributed by atoms with Crippen molar-refractivity contribution in [3.8, 4) is 5.75 Å². The molecule has 0 unspecified atom stereocenters. The van der Waals surface area contributed by atoms with Crippen LogP contribution < -0.4 is 10.1 Å². The summed E-state index contributed by atoms with van der Waals surface area (Å²) < 4.78 is 10.9. The molecule has 0 amide bonds. The molecule has 24 heavy (non-hydrogen) atoms. The van der Waals surface area contributed by atoms with Gasteiger partial charge in [-0.25, -0.2) is 0 Å². The average Bonchev–Trinajstić information content (AvgIpc) is 3.24. The number of fused-ring (bicyclic) bond motifs is 1. The van der Waals surface area contributed by atoms with Gasteiger partial charge in [0.25, 0.3) is 0 Å². The molecule has 2 heterocycles. The minimum absolute atomic E-state index is 0.357. The summed E-state index contributed by atoms with van der Waals surface area (Å²) in [6.45, 7) is 0. The molecule has 2 aromatic heterocycles. The van der Waals surface area contributed by atoms with Crippen LogP contribution in [0, 0.1) is 0 Å². The summed E-state index contributed by atoms with van der Waals surface area (Å²) >= 11 is 0. The van der Waals surface area contributed by atoms with Gasteiger partial charge in [-0.15, -0.1) is 5.10 Å². The number of ether oxygens (including phenoxy) is 1. The number of hydrogen-bond acceptors (Lipinski definition) is 6. The van der Waals surface area contributed by atoms with Crippen LogP contribution in [0.5, 0.6) is 5.75 Å². The predicted molar refractivity (Wildman–Crippen MR) is 89.5 cm³/mol. The van der Waals surface area contributed by atoms with Gasteiger partial charge in [0.15, 0.2) is 0 Å². The monoisotopic (exact) mass is 321 g/mol. The van der Waals surface area contributed by atoms with E-state index in [-0.39, 0.29) is 0 Å². The van der Waals surface area contributed by atoms with E-state index in [1.54, 1.807) is 13.3 Å². The Morgan fingerprint density at radius 1 is 1.17 bits per heavy atom. The molecule has 0 aliphatic heterocycles. The topological polar surface area (TPSA) is 88.9 Å². The first-order valence-corrected chi connectivity index (χ1v) is 7.45. The van der Waals surface area contributed by atoms with Gasteiger partial charge in [0.05, 0.1) is 25.2 Å². The Labute approximate surface area is 137 Å². The first-order chi connectivity index (χ1) is 11.8. The lowest BCUT2D eigenvalue weighted by Gasteiger charge is -2.02. The van der Waals surface area contributed by atoms with Gasteiger partial charge >= 0.3 is 6.01 Å². The van der Waals surface area contributed by atoms with E-state index in [0.29, 0.717) is 18.3 Å². The molecular formula is C17H15N5O2. The van der Waals surface area contributed by atoms with E-state index >= 15 is 0 Å². The standard InChI is InChI=1S/C17H15N5O2/c1-23-14-4-2-3-11(7-14)8-16-21-22-17(24-16)19-13-5-6-15-12(9-13)10-18-20-15/h2-7,9-10H,8H2,1H3,(H,18,20)(H,19,22). The van der Waals surface area contributed by atoms with Crippen molar-refractivity contribution in [2.75, 3.05) is 12.4 Å². The van der Waals surface area contributed by atoms with Crippen LogP contribution in [0.1, 0.15) is 11.5 Å². The quantitative estimate of drug-likeness (QED) is 0.586. The third-order valence-electron chi connectivity index (χ3n) is 3.65. The Hall–Kier alpha value is -3.35. The van der Waals surface area contributed by atoms with E-state index in [4.69, 9.17) is 9.15 Å². The number of benzene rings is 2. The first-order valence-electron chi connectivity index (χ1n) is 7.45. The molecule has 2 N–H and O–H groups in total. The van der Waals surface area contributed by atoms with Crippen molar-refractivity contribution in [2.24, 2.45) is 0 Å². The van der Waals surface area contributed by atoms with Gasteiger partial charge in [-0.05, 0) is 35.9 Å². The van der Waals surface area contributed by atoms with E-state index in [9.17, 15) is 0 Å². The zero-order valence-corrected chi connectivity index (χ0v) is 13.0. The molecule has 0 aliphatic carbocycles. The maximum atomic E-state index is 5.66. The summed E-state index contributed by atoms with van der Waals surface area (Å²) in [5.41, 5.74) is 2.88. The molecule has 0 radical (unpaired) electrons. The van der Waals surface area contributed by atoms with E-state index < -0.39 is 0 Å². The van der Waals surface area contributed by atoms with Gasteiger partial charge in [0.1, 0.15) is 5.75 Å². The molecule has 4 rings (SSSR count). The van der Waals surface area contributed by atoms with Gasteiger partial charge in [-0.3, -0.25) is 5.10 Å². The predicted octanol–water partition coefficient (Wildman–Crippen LogP) is 3.29. The fraction of sp³-hybridized carbons (Fsp3) is 0.118. The maximum Gasteiger partial charge on any atom is 0.320 e. The number of rotatable bonds is 5. The average molecular weight is 321 g/mol. The second-order valence-electron chi connectivity index (χ2n) is 5.33. The largest absolute Gasteiger partial charge is 0.497 e. The van der Waals surface area contributed by atoms with Crippen molar-refractivity contribution in [2.45, 2.75) is 6.42 Å². The van der Waals surface area contributed by atoms with Gasteiger partial charge in [-0.2, -0.15) is 5.10 Å². The molecule has 0 saturated carbocycles. The SMILES string of the molecule is COc1cccc(Cc2nnc(Nc3ccc4[nH]ncc4c3)o2)c1. The molecule has 0 saturated heterocycles. The molecular weight excluding hydrogens is 306 g/mol. The molecule has 4 aromatic rings. The Balaban J connectivity index is 1.49. The van der Waals surface area contributed by atoms with Crippen molar-refractivity contribution in [1.82, 2.24) is 20.4 Å². The summed E-state index contributed by atoms with van der Waals surface area (Å²) in [5, 5.41) is 19.1. The summed E-state index contributed by atoms with van der Waals surface area (Å²) in [6, 6.07) is 14.0. The van der Waals surface area contributed by atoms with Gasteiger partial charge in [0, 0.05) is 11.1 Å². The fourth-order valence-corrected chi connectivity index (χ4v) is 2.48. The van der Waals surface area contributed by atoms with E-state index in [2.05, 4.69) is 25.7 Å². The van der Waals surface area contributed by atoms with Gasteiger partial charge < -0.3 is 14.5 Å². The lowest BCUT2D eigenvalue weighted by Crippen LogP contribution is -1.90. The van der Waals surface area contributed by atoms with Gasteiger partial charge in [0.2, 0.25) is 5.89 Å². The number of methoxy groups -OCH3 is 1. The molecule has 120 valence electrons. The number of aromatic amines is 1. The highest BCUT2D eigenvalue weighted by Gasteiger charge is 2.08. The van der Waals surface area contributed by atoms with Crippen LogP contribution in [0.25, 0.3) is 10.9 Å². The van der Waals surface area contributed by atoms with Crippen LogP contribution in [0.3, 0.4) is 0 Å². The van der Waals surface area contributed by atoms with Crippen molar-refractivity contribution < 1.29 is 9.15 Å². The molecule has 7 heteroatoms. The lowest BCUT2D eigenvalue weighted by molar-refractivity contribution is 0.414. The zero-order chi connectivity index (χ0) is 16.4. The van der Waals surface area contributed by atoms with Crippen LogP contribution >= 0.6 is 0 Å². The number of hydrogen-bond donors (Lipinski definition) is 2. The smallest absolute Gasteiger partial charge is 0.320 e. The zero-order valence-electron chi connectivity index (χ0n) is 13.0. The Bertz CT molecular complexity index is 976. The Morgan fingerprint density at radius 2 is 2.12 bits per heavy atom. The van der Waals surface area contributed by atoms with Crippen molar-refractivity contribution in [3.05, 3.63) is 60.1 Å². The second kappa shape index (κ2) is 6.04. The minimum atomic E-state index is 0.357. The van der Waals surface area contributed by atoms with E-state index in [1.807, 2.05) is 42.5 Å². The molecule has 0 atom stereocenters. The lowest BCUT2D eigenvalue weighted by atomic mass is 10.1. The van der Waals surface area contributed by atoms with Crippen molar-refractivity contribution in [1.29, 1.82) is 0 Å². The molecule has 0 aliphatic rings. The summed E-state index contributed by atoms with van der Waals surface area (Å²) in [4.78, 5) is 0.